The van der Waals surface area contributed by atoms with Crippen LogP contribution in [-0.2, 0) is 0 Å². The van der Waals surface area contributed by atoms with Crippen LogP contribution in [0.5, 0.6) is 0 Å². The zero-order chi connectivity index (χ0) is 14.9. The predicted molar refractivity (Wildman–Crippen MR) is 79.3 cm³/mol. The molecular weight excluding hydrogens is 253 g/mol. The Kier molecular flexibility index (Phi) is 4.17. The van der Waals surface area contributed by atoms with Gasteiger partial charge in [0.25, 0.3) is 5.91 Å². The number of rotatable bonds is 2. The highest BCUT2D eigenvalue weighted by atomic mass is 19.1. The summed E-state index contributed by atoms with van der Waals surface area (Å²) in [4.78, 5) is 14.3. The van der Waals surface area contributed by atoms with Crippen LogP contribution >= 0.6 is 0 Å². The third-order valence-electron chi connectivity index (χ3n) is 4.58. The SMILES string of the molecule is Cc1cc(C(=O)N(C)C2CCC(C)(C)CC2)ccc1F. The van der Waals surface area contributed by atoms with Gasteiger partial charge in [-0.05, 0) is 61.8 Å². The van der Waals surface area contributed by atoms with E-state index in [0.717, 1.165) is 25.7 Å². The predicted octanol–water partition coefficient (Wildman–Crippen LogP) is 4.17. The molecule has 2 nitrogen and oxygen atoms in total. The van der Waals surface area contributed by atoms with Crippen molar-refractivity contribution in [3.63, 3.8) is 0 Å². The van der Waals surface area contributed by atoms with Crippen molar-refractivity contribution in [3.05, 3.63) is 35.1 Å². The van der Waals surface area contributed by atoms with E-state index in [4.69, 9.17) is 0 Å². The van der Waals surface area contributed by atoms with Gasteiger partial charge in [-0.2, -0.15) is 0 Å². The zero-order valence-electron chi connectivity index (χ0n) is 12.9. The van der Waals surface area contributed by atoms with E-state index in [9.17, 15) is 9.18 Å². The molecule has 110 valence electrons. The fourth-order valence-electron chi connectivity index (χ4n) is 2.92. The highest BCUT2D eigenvalue weighted by Gasteiger charge is 2.30. The largest absolute Gasteiger partial charge is 0.339 e. The van der Waals surface area contributed by atoms with Crippen molar-refractivity contribution >= 4 is 5.91 Å². The Morgan fingerprint density at radius 2 is 1.90 bits per heavy atom. The molecule has 0 radical (unpaired) electrons. The number of carbonyl (C=O) groups excluding carboxylic acids is 1. The summed E-state index contributed by atoms with van der Waals surface area (Å²) in [6.45, 7) is 6.26. The summed E-state index contributed by atoms with van der Waals surface area (Å²) in [6.07, 6.45) is 4.40. The van der Waals surface area contributed by atoms with Gasteiger partial charge < -0.3 is 4.90 Å². The number of aryl methyl sites for hydroxylation is 1. The van der Waals surface area contributed by atoms with Gasteiger partial charge in [-0.1, -0.05) is 13.8 Å². The van der Waals surface area contributed by atoms with E-state index in [-0.39, 0.29) is 11.7 Å². The molecule has 1 aromatic rings. The Morgan fingerprint density at radius 1 is 1.30 bits per heavy atom. The molecule has 0 aliphatic heterocycles. The van der Waals surface area contributed by atoms with Crippen LogP contribution < -0.4 is 0 Å². The molecule has 0 bridgehead atoms. The minimum atomic E-state index is -0.261. The highest BCUT2D eigenvalue weighted by Crippen LogP contribution is 2.36. The van der Waals surface area contributed by atoms with E-state index in [1.807, 2.05) is 11.9 Å². The molecule has 2 rings (SSSR count). The summed E-state index contributed by atoms with van der Waals surface area (Å²) in [5, 5.41) is 0. The molecule has 0 atom stereocenters. The number of halogens is 1. The first-order valence-corrected chi connectivity index (χ1v) is 7.33. The quantitative estimate of drug-likeness (QED) is 0.794. The van der Waals surface area contributed by atoms with Crippen LogP contribution in [0.25, 0.3) is 0 Å². The van der Waals surface area contributed by atoms with E-state index in [1.54, 1.807) is 19.1 Å². The van der Waals surface area contributed by atoms with E-state index in [0.29, 0.717) is 22.6 Å². The van der Waals surface area contributed by atoms with Crippen molar-refractivity contribution in [3.8, 4) is 0 Å². The van der Waals surface area contributed by atoms with Crippen LogP contribution in [0.1, 0.15) is 55.5 Å². The third-order valence-corrected chi connectivity index (χ3v) is 4.58. The first-order valence-electron chi connectivity index (χ1n) is 7.33. The van der Waals surface area contributed by atoms with Gasteiger partial charge in [-0.25, -0.2) is 4.39 Å². The van der Waals surface area contributed by atoms with Gasteiger partial charge in [0.15, 0.2) is 0 Å². The Bertz CT molecular complexity index is 500. The number of amides is 1. The summed E-state index contributed by atoms with van der Waals surface area (Å²) < 4.78 is 13.3. The summed E-state index contributed by atoms with van der Waals surface area (Å²) in [5.41, 5.74) is 1.50. The maximum absolute atomic E-state index is 13.3. The van der Waals surface area contributed by atoms with Crippen LogP contribution in [0.2, 0.25) is 0 Å². The molecule has 0 aromatic heterocycles. The van der Waals surface area contributed by atoms with Crippen LogP contribution in [-0.4, -0.2) is 23.9 Å². The lowest BCUT2D eigenvalue weighted by Crippen LogP contribution is -2.40. The molecule has 3 heteroatoms. The number of hydrogen-bond acceptors (Lipinski definition) is 1. The van der Waals surface area contributed by atoms with Gasteiger partial charge in [0, 0.05) is 18.7 Å². The van der Waals surface area contributed by atoms with E-state index in [2.05, 4.69) is 13.8 Å². The van der Waals surface area contributed by atoms with Gasteiger partial charge in [-0.15, -0.1) is 0 Å². The second kappa shape index (κ2) is 5.55. The van der Waals surface area contributed by atoms with Gasteiger partial charge >= 0.3 is 0 Å². The van der Waals surface area contributed by atoms with Gasteiger partial charge in [-0.3, -0.25) is 4.79 Å². The Hall–Kier alpha value is -1.38. The fraction of sp³-hybridized carbons (Fsp3) is 0.588. The fourth-order valence-corrected chi connectivity index (χ4v) is 2.92. The van der Waals surface area contributed by atoms with Crippen molar-refractivity contribution in [2.75, 3.05) is 7.05 Å². The molecule has 1 aliphatic rings. The minimum Gasteiger partial charge on any atom is -0.339 e. The van der Waals surface area contributed by atoms with Crippen molar-refractivity contribution in [2.24, 2.45) is 5.41 Å². The zero-order valence-corrected chi connectivity index (χ0v) is 12.9. The van der Waals surface area contributed by atoms with Crippen molar-refractivity contribution in [1.29, 1.82) is 0 Å². The number of benzene rings is 1. The van der Waals surface area contributed by atoms with Gasteiger partial charge in [0.05, 0.1) is 0 Å². The van der Waals surface area contributed by atoms with Crippen LogP contribution in [0.4, 0.5) is 4.39 Å². The van der Waals surface area contributed by atoms with E-state index < -0.39 is 0 Å². The molecule has 1 saturated carbocycles. The lowest BCUT2D eigenvalue weighted by molar-refractivity contribution is 0.0635. The van der Waals surface area contributed by atoms with E-state index in [1.165, 1.54) is 6.07 Å². The molecule has 0 N–H and O–H groups in total. The lowest BCUT2D eigenvalue weighted by Gasteiger charge is -2.38. The number of carbonyl (C=O) groups is 1. The highest BCUT2D eigenvalue weighted by molar-refractivity contribution is 5.94. The minimum absolute atomic E-state index is 0.00203. The van der Waals surface area contributed by atoms with Crippen molar-refractivity contribution < 1.29 is 9.18 Å². The van der Waals surface area contributed by atoms with Crippen LogP contribution in [0.15, 0.2) is 18.2 Å². The lowest BCUT2D eigenvalue weighted by atomic mass is 9.75. The molecule has 1 amide bonds. The Morgan fingerprint density at radius 3 is 2.45 bits per heavy atom. The second-order valence-electron chi connectivity index (χ2n) is 6.78. The molecule has 0 saturated heterocycles. The number of hydrogen-bond donors (Lipinski definition) is 0. The molecule has 1 aliphatic carbocycles. The van der Waals surface area contributed by atoms with E-state index >= 15 is 0 Å². The summed E-state index contributed by atoms with van der Waals surface area (Å²) in [6, 6.07) is 4.90. The maximum Gasteiger partial charge on any atom is 0.253 e. The smallest absolute Gasteiger partial charge is 0.253 e. The van der Waals surface area contributed by atoms with Crippen LogP contribution in [0, 0.1) is 18.2 Å². The Balaban J connectivity index is 2.07. The normalized spacial score (nSPS) is 18.9. The molecule has 1 aromatic carbocycles. The van der Waals surface area contributed by atoms with Crippen LogP contribution in [0.3, 0.4) is 0 Å². The monoisotopic (exact) mass is 277 g/mol. The molecule has 1 fully saturated rings. The average molecular weight is 277 g/mol. The second-order valence-corrected chi connectivity index (χ2v) is 6.78. The standard InChI is InChI=1S/C17H24FNO/c1-12-11-13(5-6-15(12)18)16(20)19(4)14-7-9-17(2,3)10-8-14/h5-6,11,14H,7-10H2,1-4H3. The first kappa shape index (κ1) is 15.0. The summed E-state index contributed by atoms with van der Waals surface area (Å²) in [5.74, 6) is -0.263. The first-order chi connectivity index (χ1) is 9.30. The molecule has 0 spiro atoms. The molecule has 20 heavy (non-hydrogen) atoms. The van der Waals surface area contributed by atoms with Gasteiger partial charge in [0.2, 0.25) is 0 Å². The third kappa shape index (κ3) is 3.20. The molecule has 0 heterocycles. The van der Waals surface area contributed by atoms with Crippen molar-refractivity contribution in [1.82, 2.24) is 4.90 Å². The molecular formula is C17H24FNO. The summed E-state index contributed by atoms with van der Waals surface area (Å²) >= 11 is 0. The molecule has 0 unspecified atom stereocenters. The van der Waals surface area contributed by atoms with Crippen molar-refractivity contribution in [2.45, 2.75) is 52.5 Å². The topological polar surface area (TPSA) is 20.3 Å². The maximum atomic E-state index is 13.3. The number of nitrogens with zero attached hydrogens (tertiary/aromatic N) is 1. The Labute approximate surface area is 121 Å². The average Bonchev–Trinajstić information content (AvgIpc) is 2.40. The van der Waals surface area contributed by atoms with Gasteiger partial charge in [0.1, 0.15) is 5.82 Å². The summed E-state index contributed by atoms with van der Waals surface area (Å²) in [7, 11) is 1.87.